The van der Waals surface area contributed by atoms with E-state index in [0.717, 1.165) is 5.39 Å². The minimum atomic E-state index is -0.873. The van der Waals surface area contributed by atoms with Crippen LogP contribution >= 0.6 is 11.6 Å². The maximum atomic E-state index is 12.1. The second-order valence-electron chi connectivity index (χ2n) is 4.90. The van der Waals surface area contributed by atoms with Crippen LogP contribution in [0.1, 0.15) is 22.2 Å². The number of para-hydroxylation sites is 1. The van der Waals surface area contributed by atoms with Crippen molar-refractivity contribution in [2.75, 3.05) is 6.54 Å². The van der Waals surface area contributed by atoms with Crippen molar-refractivity contribution >= 4 is 28.5 Å². The zero-order chi connectivity index (χ0) is 15.5. The monoisotopic (exact) mass is 315 g/mol. The molecule has 4 nitrogen and oxygen atoms in total. The van der Waals surface area contributed by atoms with Crippen LogP contribution in [0.15, 0.2) is 59.0 Å². The number of benzene rings is 2. The van der Waals surface area contributed by atoms with Crippen molar-refractivity contribution < 1.29 is 14.3 Å². The fourth-order valence-electron chi connectivity index (χ4n) is 2.23. The Kier molecular flexibility index (Phi) is 4.13. The van der Waals surface area contributed by atoms with Crippen LogP contribution in [0.3, 0.4) is 0 Å². The van der Waals surface area contributed by atoms with Crippen LogP contribution in [0, 0.1) is 0 Å². The van der Waals surface area contributed by atoms with E-state index >= 15 is 0 Å². The van der Waals surface area contributed by atoms with E-state index in [4.69, 9.17) is 16.0 Å². The summed E-state index contributed by atoms with van der Waals surface area (Å²) in [5, 5.41) is 14.1. The minimum Gasteiger partial charge on any atom is -0.451 e. The molecular formula is C17H14ClNO3. The molecule has 3 rings (SSSR count). The smallest absolute Gasteiger partial charge is 0.287 e. The lowest BCUT2D eigenvalue weighted by atomic mass is 10.1. The van der Waals surface area contributed by atoms with Crippen molar-refractivity contribution in [3.05, 3.63) is 70.9 Å². The average Bonchev–Trinajstić information content (AvgIpc) is 2.97. The molecule has 112 valence electrons. The first kappa shape index (κ1) is 14.6. The summed E-state index contributed by atoms with van der Waals surface area (Å²) in [6, 6.07) is 16.0. The zero-order valence-electron chi connectivity index (χ0n) is 11.6. The Morgan fingerprint density at radius 3 is 2.68 bits per heavy atom. The molecule has 1 unspecified atom stereocenters. The summed E-state index contributed by atoms with van der Waals surface area (Å²) >= 11 is 6.01. The van der Waals surface area contributed by atoms with E-state index in [2.05, 4.69) is 5.32 Å². The highest BCUT2D eigenvalue weighted by Gasteiger charge is 2.15. The van der Waals surface area contributed by atoms with Crippen molar-refractivity contribution in [1.82, 2.24) is 5.32 Å². The van der Waals surface area contributed by atoms with Gasteiger partial charge in [-0.15, -0.1) is 0 Å². The molecule has 0 aliphatic carbocycles. The van der Waals surface area contributed by atoms with Crippen molar-refractivity contribution in [3.63, 3.8) is 0 Å². The number of carbonyl (C=O) groups is 1. The van der Waals surface area contributed by atoms with Gasteiger partial charge in [0.1, 0.15) is 5.58 Å². The number of amides is 1. The van der Waals surface area contributed by atoms with Gasteiger partial charge < -0.3 is 14.8 Å². The Hall–Kier alpha value is -2.30. The number of aliphatic hydroxyl groups excluding tert-OH is 1. The van der Waals surface area contributed by atoms with Crippen LogP contribution < -0.4 is 5.32 Å². The third kappa shape index (κ3) is 2.98. The summed E-state index contributed by atoms with van der Waals surface area (Å²) in [6.07, 6.45) is -0.873. The Morgan fingerprint density at radius 2 is 1.91 bits per heavy atom. The maximum Gasteiger partial charge on any atom is 0.287 e. The molecule has 5 heteroatoms. The molecule has 0 aliphatic heterocycles. The third-order valence-corrected chi connectivity index (χ3v) is 3.71. The van der Waals surface area contributed by atoms with Crippen molar-refractivity contribution in [1.29, 1.82) is 0 Å². The molecule has 1 amide bonds. The van der Waals surface area contributed by atoms with Gasteiger partial charge in [-0.25, -0.2) is 0 Å². The van der Waals surface area contributed by atoms with Crippen molar-refractivity contribution in [3.8, 4) is 0 Å². The minimum absolute atomic E-state index is 0.0552. The Morgan fingerprint density at radius 1 is 1.18 bits per heavy atom. The summed E-state index contributed by atoms with van der Waals surface area (Å²) in [5.74, 6) is -0.158. The van der Waals surface area contributed by atoms with Gasteiger partial charge in [0.05, 0.1) is 6.10 Å². The Balaban J connectivity index is 1.68. The van der Waals surface area contributed by atoms with E-state index in [1.807, 2.05) is 18.2 Å². The first-order valence-corrected chi connectivity index (χ1v) is 7.22. The highest BCUT2D eigenvalue weighted by molar-refractivity contribution is 6.31. The lowest BCUT2D eigenvalue weighted by Gasteiger charge is -2.12. The van der Waals surface area contributed by atoms with Crippen LogP contribution in [0.5, 0.6) is 0 Å². The van der Waals surface area contributed by atoms with Gasteiger partial charge in [0.25, 0.3) is 5.91 Å². The standard InChI is InChI=1S/C17H14ClNO3/c18-13-7-3-2-6-12(13)14(20)10-19-17(21)16-9-11-5-1-4-8-15(11)22-16/h1-9,14,20H,10H2,(H,19,21). The van der Waals surface area contributed by atoms with Gasteiger partial charge in [0.2, 0.25) is 0 Å². The number of hydrogen-bond donors (Lipinski definition) is 2. The number of nitrogens with one attached hydrogen (secondary N) is 1. The molecule has 0 saturated carbocycles. The SMILES string of the molecule is O=C(NCC(O)c1ccccc1Cl)c1cc2ccccc2o1. The van der Waals surface area contributed by atoms with E-state index in [1.54, 1.807) is 36.4 Å². The molecule has 0 aliphatic rings. The summed E-state index contributed by atoms with van der Waals surface area (Å²) in [5.41, 5.74) is 1.23. The number of aliphatic hydroxyl groups is 1. The highest BCUT2D eigenvalue weighted by atomic mass is 35.5. The molecule has 0 radical (unpaired) electrons. The number of furan rings is 1. The Bertz CT molecular complexity index is 779. The number of fused-ring (bicyclic) bond motifs is 1. The Labute approximate surface area is 132 Å². The normalized spacial score (nSPS) is 12.3. The molecule has 0 fully saturated rings. The van der Waals surface area contributed by atoms with E-state index < -0.39 is 6.10 Å². The molecular weight excluding hydrogens is 302 g/mol. The van der Waals surface area contributed by atoms with E-state index in [9.17, 15) is 9.90 Å². The molecule has 3 aromatic rings. The van der Waals surface area contributed by atoms with Gasteiger partial charge in [-0.05, 0) is 18.2 Å². The molecule has 1 heterocycles. The molecule has 2 aromatic carbocycles. The molecule has 0 saturated heterocycles. The number of hydrogen-bond acceptors (Lipinski definition) is 3. The van der Waals surface area contributed by atoms with Gasteiger partial charge in [0.15, 0.2) is 5.76 Å². The van der Waals surface area contributed by atoms with Crippen LogP contribution in [0.2, 0.25) is 5.02 Å². The zero-order valence-corrected chi connectivity index (χ0v) is 12.4. The molecule has 2 N–H and O–H groups in total. The largest absolute Gasteiger partial charge is 0.451 e. The van der Waals surface area contributed by atoms with E-state index in [1.165, 1.54) is 0 Å². The lowest BCUT2D eigenvalue weighted by molar-refractivity contribution is 0.0891. The highest BCUT2D eigenvalue weighted by Crippen LogP contribution is 2.22. The van der Waals surface area contributed by atoms with Crippen molar-refractivity contribution in [2.45, 2.75) is 6.10 Å². The lowest BCUT2D eigenvalue weighted by Crippen LogP contribution is -2.28. The molecule has 0 spiro atoms. The predicted octanol–water partition coefficient (Wildman–Crippen LogP) is 3.55. The van der Waals surface area contributed by atoms with Gasteiger partial charge >= 0.3 is 0 Å². The first-order chi connectivity index (χ1) is 10.6. The molecule has 22 heavy (non-hydrogen) atoms. The van der Waals surface area contributed by atoms with Crippen molar-refractivity contribution in [2.24, 2.45) is 0 Å². The van der Waals surface area contributed by atoms with Crippen LogP contribution in [-0.4, -0.2) is 17.6 Å². The predicted molar refractivity (Wildman–Crippen MR) is 85.0 cm³/mol. The fourth-order valence-corrected chi connectivity index (χ4v) is 2.49. The summed E-state index contributed by atoms with van der Waals surface area (Å²) in [7, 11) is 0. The van der Waals surface area contributed by atoms with Gasteiger partial charge in [-0.1, -0.05) is 48.0 Å². The van der Waals surface area contributed by atoms with Gasteiger partial charge in [-0.3, -0.25) is 4.79 Å². The van der Waals surface area contributed by atoms with Crippen LogP contribution in [0.4, 0.5) is 0 Å². The second-order valence-corrected chi connectivity index (χ2v) is 5.30. The van der Waals surface area contributed by atoms with Crippen LogP contribution in [-0.2, 0) is 0 Å². The van der Waals surface area contributed by atoms with Crippen LogP contribution in [0.25, 0.3) is 11.0 Å². The average molecular weight is 316 g/mol. The van der Waals surface area contributed by atoms with E-state index in [0.29, 0.717) is 16.2 Å². The molecule has 1 aromatic heterocycles. The summed E-state index contributed by atoms with van der Waals surface area (Å²) in [4.78, 5) is 12.1. The van der Waals surface area contributed by atoms with Gasteiger partial charge in [0, 0.05) is 22.5 Å². The maximum absolute atomic E-state index is 12.1. The quantitative estimate of drug-likeness (QED) is 0.774. The third-order valence-electron chi connectivity index (χ3n) is 3.37. The van der Waals surface area contributed by atoms with E-state index in [-0.39, 0.29) is 18.2 Å². The molecule has 1 atom stereocenters. The number of halogens is 1. The summed E-state index contributed by atoms with van der Waals surface area (Å²) in [6.45, 7) is 0.0552. The number of rotatable bonds is 4. The molecule has 0 bridgehead atoms. The fraction of sp³-hybridized carbons (Fsp3) is 0.118. The first-order valence-electron chi connectivity index (χ1n) is 6.84. The topological polar surface area (TPSA) is 62.5 Å². The second kappa shape index (κ2) is 6.22. The summed E-state index contributed by atoms with van der Waals surface area (Å²) < 4.78 is 5.47. The van der Waals surface area contributed by atoms with Gasteiger partial charge in [-0.2, -0.15) is 0 Å². The number of carbonyl (C=O) groups excluding carboxylic acids is 1.